The molecule has 3 N–H and O–H groups in total. The molecule has 91 heavy (non-hydrogen) atoms. The monoisotopic (exact) mass is 1340 g/mol. The van der Waals surface area contributed by atoms with E-state index < -0.39 is 97.5 Å². The zero-order valence-corrected chi connectivity index (χ0v) is 60.9. The molecule has 0 bridgehead atoms. The van der Waals surface area contributed by atoms with Crippen LogP contribution in [0.4, 0.5) is 0 Å². The Labute approximate surface area is 556 Å². The molecule has 19 heteroatoms. The van der Waals surface area contributed by atoms with E-state index in [1.807, 2.05) is 0 Å². The fourth-order valence-electron chi connectivity index (χ4n) is 10.9. The molecule has 0 aliphatic carbocycles. The van der Waals surface area contributed by atoms with E-state index in [2.05, 4.69) is 41.5 Å². The van der Waals surface area contributed by atoms with Gasteiger partial charge in [-0.05, 0) is 37.5 Å². The Morgan fingerprint density at radius 2 is 0.560 bits per heavy atom. The van der Waals surface area contributed by atoms with Crippen LogP contribution in [0.3, 0.4) is 0 Å². The lowest BCUT2D eigenvalue weighted by atomic mass is 9.99. The predicted molar refractivity (Wildman–Crippen MR) is 368 cm³/mol. The second kappa shape index (κ2) is 64.1. The van der Waals surface area contributed by atoms with Gasteiger partial charge in [0.2, 0.25) is 0 Å². The Morgan fingerprint density at radius 1 is 0.319 bits per heavy atom. The molecule has 0 spiro atoms. The maximum absolute atomic E-state index is 13.0. The molecule has 0 aromatic carbocycles. The number of rotatable bonds is 71. The number of phosphoric acid groups is 2. The second-order valence-corrected chi connectivity index (χ2v) is 29.6. The van der Waals surface area contributed by atoms with Gasteiger partial charge >= 0.3 is 39.5 Å². The molecule has 0 amide bonds. The van der Waals surface area contributed by atoms with Gasteiger partial charge in [-0.15, -0.1) is 0 Å². The summed E-state index contributed by atoms with van der Waals surface area (Å²) in [6.07, 6.45) is 50.4. The molecule has 0 aliphatic rings. The van der Waals surface area contributed by atoms with Crippen molar-refractivity contribution >= 4 is 39.5 Å². The number of ether oxygens (including phenoxy) is 4. The molecular formula is C72H140O17P2. The van der Waals surface area contributed by atoms with Crippen molar-refractivity contribution in [1.29, 1.82) is 0 Å². The van der Waals surface area contributed by atoms with Gasteiger partial charge in [-0.3, -0.25) is 37.3 Å². The van der Waals surface area contributed by atoms with Gasteiger partial charge in [0.05, 0.1) is 26.4 Å². The van der Waals surface area contributed by atoms with Crippen LogP contribution in [0.5, 0.6) is 0 Å². The Kier molecular flexibility index (Phi) is 62.7. The average molecular weight is 1340 g/mol. The average Bonchev–Trinajstić information content (AvgIpc) is 2.69. The van der Waals surface area contributed by atoms with E-state index in [0.717, 1.165) is 108 Å². The van der Waals surface area contributed by atoms with Crippen molar-refractivity contribution in [1.82, 2.24) is 0 Å². The first kappa shape index (κ1) is 89.1. The van der Waals surface area contributed by atoms with Crippen LogP contribution in [0.15, 0.2) is 0 Å². The molecule has 0 saturated carbocycles. The minimum atomic E-state index is -4.95. The molecule has 0 rings (SSSR count). The number of carbonyl (C=O) groups excluding carboxylic acids is 4. The Morgan fingerprint density at radius 3 is 0.835 bits per heavy atom. The van der Waals surface area contributed by atoms with E-state index in [9.17, 15) is 43.2 Å². The lowest BCUT2D eigenvalue weighted by Crippen LogP contribution is -2.30. The van der Waals surface area contributed by atoms with Gasteiger partial charge in [0.25, 0.3) is 0 Å². The number of phosphoric ester groups is 2. The van der Waals surface area contributed by atoms with Crippen LogP contribution in [0, 0.1) is 11.8 Å². The van der Waals surface area contributed by atoms with Crippen molar-refractivity contribution < 1.29 is 80.2 Å². The van der Waals surface area contributed by atoms with Crippen molar-refractivity contribution in [2.45, 2.75) is 387 Å². The van der Waals surface area contributed by atoms with Crippen LogP contribution in [0.1, 0.15) is 369 Å². The summed E-state index contributed by atoms with van der Waals surface area (Å²) in [7, 11) is -9.89. The lowest BCUT2D eigenvalue weighted by molar-refractivity contribution is -0.161. The molecule has 3 unspecified atom stereocenters. The summed E-state index contributed by atoms with van der Waals surface area (Å²) >= 11 is 0. The highest BCUT2D eigenvalue weighted by atomic mass is 31.2. The Bertz CT molecular complexity index is 1770. The Hall–Kier alpha value is -1.94. The molecule has 0 aromatic heterocycles. The highest BCUT2D eigenvalue weighted by Gasteiger charge is 2.30. The lowest BCUT2D eigenvalue weighted by Gasteiger charge is -2.21. The van der Waals surface area contributed by atoms with Crippen LogP contribution < -0.4 is 0 Å². The van der Waals surface area contributed by atoms with Gasteiger partial charge in [0.1, 0.15) is 19.3 Å². The fourth-order valence-corrected chi connectivity index (χ4v) is 12.5. The van der Waals surface area contributed by atoms with E-state index in [1.54, 1.807) is 0 Å². The van der Waals surface area contributed by atoms with Crippen molar-refractivity contribution in [3.05, 3.63) is 0 Å². The molecule has 0 radical (unpaired) electrons. The number of aliphatic hydroxyl groups excluding tert-OH is 1. The normalized spacial score (nSPS) is 14.4. The van der Waals surface area contributed by atoms with Gasteiger partial charge in [-0.1, -0.05) is 318 Å². The number of hydrogen-bond donors (Lipinski definition) is 3. The predicted octanol–water partition coefficient (Wildman–Crippen LogP) is 20.8. The molecule has 0 aromatic rings. The van der Waals surface area contributed by atoms with Crippen LogP contribution in [0.25, 0.3) is 0 Å². The number of aliphatic hydroxyl groups is 1. The summed E-state index contributed by atoms with van der Waals surface area (Å²) < 4.78 is 68.1. The smallest absolute Gasteiger partial charge is 0.462 e. The number of hydrogen-bond acceptors (Lipinski definition) is 15. The maximum Gasteiger partial charge on any atom is 0.472 e. The van der Waals surface area contributed by atoms with Crippen LogP contribution >= 0.6 is 15.6 Å². The first-order chi connectivity index (χ1) is 43.9. The first-order valence-corrected chi connectivity index (χ1v) is 40.5. The molecule has 0 saturated heterocycles. The van der Waals surface area contributed by atoms with Crippen molar-refractivity contribution in [2.75, 3.05) is 39.6 Å². The van der Waals surface area contributed by atoms with Crippen molar-refractivity contribution in [3.63, 3.8) is 0 Å². The largest absolute Gasteiger partial charge is 0.472 e. The molecule has 6 atom stereocenters. The number of carbonyl (C=O) groups is 4. The molecule has 0 heterocycles. The summed E-state index contributed by atoms with van der Waals surface area (Å²) in [5, 5.41) is 10.6. The minimum Gasteiger partial charge on any atom is -0.462 e. The molecule has 540 valence electrons. The second-order valence-electron chi connectivity index (χ2n) is 26.7. The van der Waals surface area contributed by atoms with Gasteiger partial charge in [-0.2, -0.15) is 0 Å². The van der Waals surface area contributed by atoms with E-state index in [-0.39, 0.29) is 25.7 Å². The van der Waals surface area contributed by atoms with E-state index in [0.29, 0.717) is 25.7 Å². The first-order valence-electron chi connectivity index (χ1n) is 37.5. The van der Waals surface area contributed by atoms with E-state index >= 15 is 0 Å². The fraction of sp³-hybridized carbons (Fsp3) is 0.944. The van der Waals surface area contributed by atoms with Gasteiger partial charge in [0.15, 0.2) is 12.2 Å². The van der Waals surface area contributed by atoms with Crippen LogP contribution in [0.2, 0.25) is 0 Å². The molecule has 17 nitrogen and oxygen atoms in total. The van der Waals surface area contributed by atoms with E-state index in [4.69, 9.17) is 37.0 Å². The Balaban J connectivity index is 5.14. The van der Waals surface area contributed by atoms with E-state index in [1.165, 1.54) is 180 Å². The molecule has 0 fully saturated rings. The zero-order chi connectivity index (χ0) is 67.2. The topological polar surface area (TPSA) is 237 Å². The number of unbranched alkanes of at least 4 members (excludes halogenated alkanes) is 40. The third kappa shape index (κ3) is 65.1. The highest BCUT2D eigenvalue weighted by molar-refractivity contribution is 7.47. The third-order valence-corrected chi connectivity index (χ3v) is 19.0. The summed E-state index contributed by atoms with van der Waals surface area (Å²) in [6.45, 7) is 9.47. The third-order valence-electron chi connectivity index (χ3n) is 17.1. The van der Waals surface area contributed by atoms with Crippen molar-refractivity contribution in [3.8, 4) is 0 Å². The van der Waals surface area contributed by atoms with Crippen molar-refractivity contribution in [2.24, 2.45) is 11.8 Å². The summed E-state index contributed by atoms with van der Waals surface area (Å²) in [6, 6.07) is 0. The summed E-state index contributed by atoms with van der Waals surface area (Å²) in [4.78, 5) is 72.3. The summed E-state index contributed by atoms with van der Waals surface area (Å²) in [5.41, 5.74) is 0. The molecule has 0 aliphatic heterocycles. The van der Waals surface area contributed by atoms with Gasteiger partial charge in [-0.25, -0.2) is 9.13 Å². The zero-order valence-electron chi connectivity index (χ0n) is 59.1. The quantitative estimate of drug-likeness (QED) is 0.0222. The maximum atomic E-state index is 13.0. The van der Waals surface area contributed by atoms with Crippen LogP contribution in [-0.2, 0) is 65.4 Å². The van der Waals surface area contributed by atoms with Gasteiger partial charge in [0, 0.05) is 25.7 Å². The SMILES string of the molecule is CCCCCCCCCCCCCCCCCCCCCCC(=O)O[C@H](COC(=O)CCCCCCCCCCCCCC(C)C)COP(=O)(O)OC[C@@H](O)COP(=O)(O)OC[C@@H](COC(=O)CCCCCCC)OC(=O)CCCCCCCCCCC(C)CC. The number of esters is 4. The van der Waals surface area contributed by atoms with Gasteiger partial charge < -0.3 is 33.8 Å². The summed E-state index contributed by atoms with van der Waals surface area (Å²) in [5.74, 6) is -0.593. The standard InChI is InChI=1S/C72H140O17P2/c1-7-10-12-14-15-16-17-18-19-20-21-22-23-24-25-28-32-38-44-50-56-71(76)89-68(61-83-70(75)55-49-43-37-31-29-26-27-30-35-41-46-52-64(4)5)63-87-91(80,81)85-59-66(73)58-84-90(78,79)86-62-67(60-82-69(74)54-48-40-13-11-8-2)88-72(77)57-51-45-39-34-33-36-42-47-53-65(6)9-3/h64-68,73H,7-63H2,1-6H3,(H,78,79)(H,80,81)/t65?,66-,67+,68+/m0/s1. The van der Waals surface area contributed by atoms with Crippen LogP contribution in [-0.4, -0.2) is 96.7 Å². The highest BCUT2D eigenvalue weighted by Crippen LogP contribution is 2.45. The minimum absolute atomic E-state index is 0.104. The molecular weight excluding hydrogens is 1200 g/mol.